The topological polar surface area (TPSA) is 60.7 Å². The first-order chi connectivity index (χ1) is 6.04. The van der Waals surface area contributed by atoms with Gasteiger partial charge in [-0.15, -0.1) is 0 Å². The van der Waals surface area contributed by atoms with Crippen LogP contribution >= 0.6 is 0 Å². The SMILES string of the molecule is CC=C[C@@H](O)C(C)[C@@H](O)C(C)CO. The summed E-state index contributed by atoms with van der Waals surface area (Å²) < 4.78 is 0. The first-order valence-electron chi connectivity index (χ1n) is 4.64. The van der Waals surface area contributed by atoms with E-state index in [9.17, 15) is 10.2 Å². The number of aliphatic hydroxyl groups excluding tert-OH is 3. The van der Waals surface area contributed by atoms with Crippen molar-refractivity contribution >= 4 is 0 Å². The zero-order chi connectivity index (χ0) is 10.4. The lowest BCUT2D eigenvalue weighted by molar-refractivity contribution is -0.00417. The van der Waals surface area contributed by atoms with Crippen LogP contribution in [-0.4, -0.2) is 34.1 Å². The maximum atomic E-state index is 9.63. The Kier molecular flexibility index (Phi) is 5.95. The van der Waals surface area contributed by atoms with Gasteiger partial charge in [-0.25, -0.2) is 0 Å². The van der Waals surface area contributed by atoms with Crippen LogP contribution in [-0.2, 0) is 0 Å². The number of hydrogen-bond acceptors (Lipinski definition) is 3. The zero-order valence-electron chi connectivity index (χ0n) is 8.51. The van der Waals surface area contributed by atoms with E-state index in [1.807, 2.05) is 6.92 Å². The zero-order valence-corrected chi connectivity index (χ0v) is 8.51. The minimum atomic E-state index is -0.670. The van der Waals surface area contributed by atoms with E-state index in [1.165, 1.54) is 0 Å². The van der Waals surface area contributed by atoms with E-state index in [0.29, 0.717) is 0 Å². The smallest absolute Gasteiger partial charge is 0.0771 e. The Balaban J connectivity index is 4.15. The van der Waals surface area contributed by atoms with E-state index >= 15 is 0 Å². The van der Waals surface area contributed by atoms with Gasteiger partial charge in [0.1, 0.15) is 0 Å². The molecule has 2 unspecified atom stereocenters. The third kappa shape index (κ3) is 3.89. The number of hydrogen-bond donors (Lipinski definition) is 3. The highest BCUT2D eigenvalue weighted by Gasteiger charge is 2.24. The first kappa shape index (κ1) is 12.6. The van der Waals surface area contributed by atoms with Crippen LogP contribution in [0, 0.1) is 11.8 Å². The summed E-state index contributed by atoms with van der Waals surface area (Å²) in [4.78, 5) is 0. The Morgan fingerprint density at radius 1 is 1.23 bits per heavy atom. The molecule has 0 aromatic rings. The van der Waals surface area contributed by atoms with Gasteiger partial charge < -0.3 is 15.3 Å². The highest BCUT2D eigenvalue weighted by atomic mass is 16.3. The second-order valence-electron chi connectivity index (χ2n) is 3.53. The Hall–Kier alpha value is -0.380. The molecule has 0 radical (unpaired) electrons. The fraction of sp³-hybridized carbons (Fsp3) is 0.800. The quantitative estimate of drug-likeness (QED) is 0.552. The molecule has 0 bridgehead atoms. The van der Waals surface area contributed by atoms with E-state index in [2.05, 4.69) is 0 Å². The summed E-state index contributed by atoms with van der Waals surface area (Å²) in [5, 5.41) is 27.9. The monoisotopic (exact) mass is 188 g/mol. The molecule has 0 aliphatic carbocycles. The van der Waals surface area contributed by atoms with E-state index in [4.69, 9.17) is 5.11 Å². The largest absolute Gasteiger partial charge is 0.396 e. The predicted molar refractivity (Wildman–Crippen MR) is 52.2 cm³/mol. The Morgan fingerprint density at radius 2 is 1.77 bits per heavy atom. The number of aliphatic hydroxyl groups is 3. The Labute approximate surface area is 79.7 Å². The van der Waals surface area contributed by atoms with Gasteiger partial charge in [0.05, 0.1) is 12.2 Å². The van der Waals surface area contributed by atoms with Gasteiger partial charge in [-0.3, -0.25) is 0 Å². The van der Waals surface area contributed by atoms with Gasteiger partial charge >= 0.3 is 0 Å². The average Bonchev–Trinajstić information content (AvgIpc) is 2.14. The van der Waals surface area contributed by atoms with Gasteiger partial charge in [-0.05, 0) is 6.92 Å². The molecule has 0 fully saturated rings. The number of rotatable bonds is 5. The molecule has 0 heterocycles. The summed E-state index contributed by atoms with van der Waals surface area (Å²) in [6.07, 6.45) is 2.07. The molecule has 3 nitrogen and oxygen atoms in total. The van der Waals surface area contributed by atoms with Crippen LogP contribution in [0.3, 0.4) is 0 Å². The summed E-state index contributed by atoms with van der Waals surface area (Å²) in [5.41, 5.74) is 0. The van der Waals surface area contributed by atoms with E-state index < -0.39 is 12.2 Å². The van der Waals surface area contributed by atoms with Crippen LogP contribution in [0.5, 0.6) is 0 Å². The minimum absolute atomic E-state index is 0.0614. The predicted octanol–water partition coefficient (Wildman–Crippen LogP) is 0.549. The average molecular weight is 188 g/mol. The highest BCUT2D eigenvalue weighted by Crippen LogP contribution is 2.16. The van der Waals surface area contributed by atoms with Crippen molar-refractivity contribution in [3.8, 4) is 0 Å². The first-order valence-corrected chi connectivity index (χ1v) is 4.64. The van der Waals surface area contributed by atoms with Crippen LogP contribution in [0.4, 0.5) is 0 Å². The van der Waals surface area contributed by atoms with Crippen LogP contribution in [0.1, 0.15) is 20.8 Å². The third-order valence-corrected chi connectivity index (χ3v) is 2.34. The molecule has 3 N–H and O–H groups in total. The second kappa shape index (κ2) is 6.13. The van der Waals surface area contributed by atoms with Gasteiger partial charge in [0.2, 0.25) is 0 Å². The highest BCUT2D eigenvalue weighted by molar-refractivity contribution is 4.91. The van der Waals surface area contributed by atoms with Gasteiger partial charge in [-0.1, -0.05) is 26.0 Å². The van der Waals surface area contributed by atoms with Crippen molar-refractivity contribution in [2.75, 3.05) is 6.61 Å². The standard InChI is InChI=1S/C10H20O3/c1-4-5-9(12)8(3)10(13)7(2)6-11/h4-5,7-13H,6H2,1-3H3/t7?,8?,9-,10+/m1/s1. The fourth-order valence-electron chi connectivity index (χ4n) is 1.20. The Morgan fingerprint density at radius 3 is 2.15 bits per heavy atom. The van der Waals surface area contributed by atoms with E-state index in [1.54, 1.807) is 26.0 Å². The van der Waals surface area contributed by atoms with Crippen molar-refractivity contribution < 1.29 is 15.3 Å². The molecule has 0 saturated heterocycles. The molecule has 0 spiro atoms. The minimum Gasteiger partial charge on any atom is -0.396 e. The lowest BCUT2D eigenvalue weighted by Gasteiger charge is -2.25. The molecule has 3 heteroatoms. The molecule has 0 amide bonds. The van der Waals surface area contributed by atoms with Crippen molar-refractivity contribution in [3.05, 3.63) is 12.2 Å². The second-order valence-corrected chi connectivity index (χ2v) is 3.53. The molecule has 0 aromatic carbocycles. The molecular formula is C10H20O3. The van der Waals surface area contributed by atoms with Crippen molar-refractivity contribution in [3.63, 3.8) is 0 Å². The van der Waals surface area contributed by atoms with Crippen LogP contribution < -0.4 is 0 Å². The van der Waals surface area contributed by atoms with Crippen molar-refractivity contribution in [1.82, 2.24) is 0 Å². The van der Waals surface area contributed by atoms with Gasteiger partial charge in [-0.2, -0.15) is 0 Å². The molecule has 13 heavy (non-hydrogen) atoms. The van der Waals surface area contributed by atoms with Crippen molar-refractivity contribution in [2.24, 2.45) is 11.8 Å². The van der Waals surface area contributed by atoms with Gasteiger partial charge in [0.25, 0.3) is 0 Å². The molecular weight excluding hydrogens is 168 g/mol. The van der Waals surface area contributed by atoms with E-state index in [0.717, 1.165) is 0 Å². The summed E-state index contributed by atoms with van der Waals surface area (Å²) in [5.74, 6) is -0.451. The molecule has 4 atom stereocenters. The number of allylic oxidation sites excluding steroid dienone is 1. The summed E-state index contributed by atoms with van der Waals surface area (Å²) in [7, 11) is 0. The molecule has 0 rings (SSSR count). The third-order valence-electron chi connectivity index (χ3n) is 2.34. The molecule has 0 aliphatic heterocycles. The molecule has 78 valence electrons. The van der Waals surface area contributed by atoms with Crippen LogP contribution in [0.25, 0.3) is 0 Å². The summed E-state index contributed by atoms with van der Waals surface area (Å²) >= 11 is 0. The van der Waals surface area contributed by atoms with E-state index in [-0.39, 0.29) is 18.4 Å². The van der Waals surface area contributed by atoms with Crippen molar-refractivity contribution in [1.29, 1.82) is 0 Å². The van der Waals surface area contributed by atoms with Crippen molar-refractivity contribution in [2.45, 2.75) is 33.0 Å². The maximum absolute atomic E-state index is 9.63. The lowest BCUT2D eigenvalue weighted by Crippen LogP contribution is -2.34. The summed E-state index contributed by atoms with van der Waals surface area (Å²) in [6, 6.07) is 0. The molecule has 0 aromatic heterocycles. The van der Waals surface area contributed by atoms with Gasteiger partial charge in [0, 0.05) is 18.4 Å². The molecule has 0 saturated carbocycles. The maximum Gasteiger partial charge on any atom is 0.0771 e. The Bertz CT molecular complexity index is 156. The van der Waals surface area contributed by atoms with Gasteiger partial charge in [0.15, 0.2) is 0 Å². The summed E-state index contributed by atoms with van der Waals surface area (Å²) in [6.45, 7) is 5.27. The lowest BCUT2D eigenvalue weighted by atomic mass is 9.89. The van der Waals surface area contributed by atoms with Crippen LogP contribution in [0.15, 0.2) is 12.2 Å². The van der Waals surface area contributed by atoms with Crippen LogP contribution in [0.2, 0.25) is 0 Å². The molecule has 0 aliphatic rings. The fourth-order valence-corrected chi connectivity index (χ4v) is 1.20. The normalized spacial score (nSPS) is 21.4.